The third-order valence-corrected chi connectivity index (χ3v) is 2.10. The molecule has 108 valence electrons. The molecule has 0 unspecified atom stereocenters. The Labute approximate surface area is 110 Å². The average Bonchev–Trinajstić information content (AvgIpc) is 2.24. The van der Waals surface area contributed by atoms with Crippen LogP contribution in [0.25, 0.3) is 0 Å². The van der Waals surface area contributed by atoms with Crippen LogP contribution in [0, 0.1) is 0 Å². The summed E-state index contributed by atoms with van der Waals surface area (Å²) in [6.07, 6.45) is -2.37. The van der Waals surface area contributed by atoms with E-state index in [1.165, 1.54) is 6.20 Å². The van der Waals surface area contributed by atoms with E-state index in [0.29, 0.717) is 12.2 Å². The van der Waals surface area contributed by atoms with Gasteiger partial charge in [0.05, 0.1) is 24.9 Å². The normalized spacial score (nSPS) is 12.5. The molecule has 4 nitrogen and oxygen atoms in total. The summed E-state index contributed by atoms with van der Waals surface area (Å²) >= 11 is 0. The Morgan fingerprint density at radius 2 is 1.89 bits per heavy atom. The van der Waals surface area contributed by atoms with Gasteiger partial charge >= 0.3 is 6.18 Å². The molecule has 0 aliphatic rings. The van der Waals surface area contributed by atoms with Gasteiger partial charge in [-0.1, -0.05) is 0 Å². The van der Waals surface area contributed by atoms with E-state index in [4.69, 9.17) is 4.74 Å². The summed E-state index contributed by atoms with van der Waals surface area (Å²) < 4.78 is 40.8. The van der Waals surface area contributed by atoms with Crippen LogP contribution in [-0.4, -0.2) is 28.3 Å². The first kappa shape index (κ1) is 15.7. The fraction of sp³-hybridized carbons (Fsp3) is 0.667. The summed E-state index contributed by atoms with van der Waals surface area (Å²) in [5.41, 5.74) is 0.550. The summed E-state index contributed by atoms with van der Waals surface area (Å²) in [6, 6.07) is 0. The molecule has 0 amide bonds. The van der Waals surface area contributed by atoms with E-state index < -0.39 is 19.2 Å². The Bertz CT molecular complexity index is 402. The number of halogens is 3. The van der Waals surface area contributed by atoms with Crippen LogP contribution in [-0.2, 0) is 6.54 Å². The summed E-state index contributed by atoms with van der Waals surface area (Å²) in [5.74, 6) is 0.109. The highest BCUT2D eigenvalue weighted by molar-refractivity contribution is 5.08. The van der Waals surface area contributed by atoms with Gasteiger partial charge in [0.15, 0.2) is 0 Å². The highest BCUT2D eigenvalue weighted by Gasteiger charge is 2.26. The third-order valence-electron chi connectivity index (χ3n) is 2.10. The minimum absolute atomic E-state index is 0.0746. The van der Waals surface area contributed by atoms with Gasteiger partial charge in [-0.25, -0.2) is 4.98 Å². The summed E-state index contributed by atoms with van der Waals surface area (Å²) in [5, 5.41) is 3.21. The molecule has 1 N–H and O–H groups in total. The van der Waals surface area contributed by atoms with E-state index in [1.54, 1.807) is 6.20 Å². The van der Waals surface area contributed by atoms with Crippen LogP contribution in [0.15, 0.2) is 12.4 Å². The number of ether oxygens (including phenoxy) is 1. The zero-order chi connectivity index (χ0) is 14.5. The first-order chi connectivity index (χ1) is 8.66. The van der Waals surface area contributed by atoms with Gasteiger partial charge in [0.2, 0.25) is 5.88 Å². The van der Waals surface area contributed by atoms with Crippen molar-refractivity contribution in [1.29, 1.82) is 0 Å². The zero-order valence-electron chi connectivity index (χ0n) is 11.2. The Morgan fingerprint density at radius 1 is 1.21 bits per heavy atom. The van der Waals surface area contributed by atoms with Gasteiger partial charge < -0.3 is 10.1 Å². The Balaban J connectivity index is 2.48. The van der Waals surface area contributed by atoms with Crippen molar-refractivity contribution in [2.24, 2.45) is 0 Å². The van der Waals surface area contributed by atoms with Crippen molar-refractivity contribution in [1.82, 2.24) is 15.3 Å². The van der Waals surface area contributed by atoms with Crippen LogP contribution < -0.4 is 10.1 Å². The Kier molecular flexibility index (Phi) is 5.11. The second-order valence-corrected chi connectivity index (χ2v) is 5.17. The molecule has 0 aromatic carbocycles. The topological polar surface area (TPSA) is 47.0 Å². The number of aromatic nitrogens is 2. The zero-order valence-corrected chi connectivity index (χ0v) is 11.2. The lowest BCUT2D eigenvalue weighted by Crippen LogP contribution is -2.35. The molecule has 0 aliphatic heterocycles. The van der Waals surface area contributed by atoms with Crippen molar-refractivity contribution in [3.05, 3.63) is 18.1 Å². The molecule has 0 bridgehead atoms. The van der Waals surface area contributed by atoms with Crippen LogP contribution in [0.3, 0.4) is 0 Å². The smallest absolute Gasteiger partial charge is 0.392 e. The Hall–Kier alpha value is -1.37. The summed E-state index contributed by atoms with van der Waals surface area (Å²) in [6.45, 7) is 6.04. The number of alkyl halides is 3. The highest BCUT2D eigenvalue weighted by Crippen LogP contribution is 2.19. The molecular formula is C12H18F3N3O. The van der Waals surface area contributed by atoms with Crippen molar-refractivity contribution < 1.29 is 17.9 Å². The molecule has 0 aliphatic carbocycles. The minimum Gasteiger partial charge on any atom is -0.476 e. The second kappa shape index (κ2) is 6.18. The van der Waals surface area contributed by atoms with Crippen molar-refractivity contribution in [2.75, 3.05) is 6.61 Å². The standard InChI is InChI=1S/C12H18F3N3O/c1-11(2,3)17-7-9-6-16-8-10(18-9)19-5-4-12(13,14)15/h6,8,17H,4-5,7H2,1-3H3. The van der Waals surface area contributed by atoms with E-state index in [0.717, 1.165) is 0 Å². The fourth-order valence-electron chi connectivity index (χ4n) is 1.17. The largest absolute Gasteiger partial charge is 0.476 e. The lowest BCUT2D eigenvalue weighted by atomic mass is 10.1. The summed E-state index contributed by atoms with van der Waals surface area (Å²) in [4.78, 5) is 7.97. The lowest BCUT2D eigenvalue weighted by Gasteiger charge is -2.20. The van der Waals surface area contributed by atoms with Crippen LogP contribution in [0.1, 0.15) is 32.9 Å². The molecule has 1 aromatic rings. The maximum absolute atomic E-state index is 12.0. The molecule has 0 saturated carbocycles. The van der Waals surface area contributed by atoms with Crippen molar-refractivity contribution >= 4 is 0 Å². The summed E-state index contributed by atoms with van der Waals surface area (Å²) in [7, 11) is 0. The van der Waals surface area contributed by atoms with Gasteiger partial charge in [0.25, 0.3) is 0 Å². The predicted molar refractivity (Wildman–Crippen MR) is 64.8 cm³/mol. The van der Waals surface area contributed by atoms with Gasteiger partial charge in [0, 0.05) is 18.3 Å². The minimum atomic E-state index is -4.22. The van der Waals surface area contributed by atoms with Gasteiger partial charge in [-0.2, -0.15) is 13.2 Å². The van der Waals surface area contributed by atoms with Gasteiger partial charge in [0.1, 0.15) is 0 Å². The lowest BCUT2D eigenvalue weighted by molar-refractivity contribution is -0.139. The van der Waals surface area contributed by atoms with Crippen LogP contribution in [0.5, 0.6) is 5.88 Å². The molecule has 0 spiro atoms. The molecule has 0 fully saturated rings. The Morgan fingerprint density at radius 3 is 2.47 bits per heavy atom. The van der Waals surface area contributed by atoms with E-state index in [-0.39, 0.29) is 11.4 Å². The number of hydrogen-bond acceptors (Lipinski definition) is 4. The molecule has 1 heterocycles. The first-order valence-electron chi connectivity index (χ1n) is 5.91. The predicted octanol–water partition coefficient (Wildman–Crippen LogP) is 2.70. The average molecular weight is 277 g/mol. The molecule has 1 aromatic heterocycles. The maximum atomic E-state index is 12.0. The molecule has 7 heteroatoms. The van der Waals surface area contributed by atoms with Crippen LogP contribution in [0.2, 0.25) is 0 Å². The molecule has 0 radical (unpaired) electrons. The third kappa shape index (κ3) is 7.61. The molecule has 19 heavy (non-hydrogen) atoms. The first-order valence-corrected chi connectivity index (χ1v) is 5.91. The van der Waals surface area contributed by atoms with E-state index in [1.807, 2.05) is 20.8 Å². The van der Waals surface area contributed by atoms with Crippen LogP contribution in [0.4, 0.5) is 13.2 Å². The number of rotatable bonds is 5. The maximum Gasteiger partial charge on any atom is 0.392 e. The fourth-order valence-corrected chi connectivity index (χ4v) is 1.17. The molecule has 0 atom stereocenters. The van der Waals surface area contributed by atoms with Gasteiger partial charge in [-0.3, -0.25) is 4.98 Å². The number of nitrogens with one attached hydrogen (secondary N) is 1. The van der Waals surface area contributed by atoms with Crippen molar-refractivity contribution in [3.8, 4) is 5.88 Å². The van der Waals surface area contributed by atoms with E-state index >= 15 is 0 Å². The quantitative estimate of drug-likeness (QED) is 0.899. The van der Waals surface area contributed by atoms with Crippen LogP contribution >= 0.6 is 0 Å². The molecular weight excluding hydrogens is 259 g/mol. The van der Waals surface area contributed by atoms with E-state index in [9.17, 15) is 13.2 Å². The van der Waals surface area contributed by atoms with E-state index in [2.05, 4.69) is 15.3 Å². The molecule has 0 saturated heterocycles. The molecule has 1 rings (SSSR count). The van der Waals surface area contributed by atoms with Crippen molar-refractivity contribution in [3.63, 3.8) is 0 Å². The van der Waals surface area contributed by atoms with Gasteiger partial charge in [-0.15, -0.1) is 0 Å². The second-order valence-electron chi connectivity index (χ2n) is 5.17. The van der Waals surface area contributed by atoms with Gasteiger partial charge in [-0.05, 0) is 20.8 Å². The highest BCUT2D eigenvalue weighted by atomic mass is 19.4. The number of nitrogens with zero attached hydrogens (tertiary/aromatic N) is 2. The van der Waals surface area contributed by atoms with Crippen molar-refractivity contribution in [2.45, 2.75) is 45.5 Å². The monoisotopic (exact) mass is 277 g/mol. The number of hydrogen-bond donors (Lipinski definition) is 1. The SMILES string of the molecule is CC(C)(C)NCc1cncc(OCCC(F)(F)F)n1.